The maximum Gasteiger partial charge on any atom is 0.336 e. The SMILES string of the molecule is Cc1ccc(NC(=O)C2(C)CC2(F)F)cc1C(=O)O. The molecule has 0 saturated heterocycles. The van der Waals surface area contributed by atoms with Crippen LogP contribution in [0.25, 0.3) is 0 Å². The molecule has 0 bridgehead atoms. The number of carbonyl (C=O) groups is 2. The molecule has 1 saturated carbocycles. The molecule has 1 aliphatic carbocycles. The molecule has 19 heavy (non-hydrogen) atoms. The number of hydrogen-bond acceptors (Lipinski definition) is 2. The maximum absolute atomic E-state index is 13.1. The van der Waals surface area contributed by atoms with E-state index in [-0.39, 0.29) is 11.3 Å². The molecule has 1 aromatic rings. The van der Waals surface area contributed by atoms with Gasteiger partial charge in [-0.15, -0.1) is 0 Å². The Morgan fingerprint density at radius 2 is 1.95 bits per heavy atom. The number of rotatable bonds is 3. The van der Waals surface area contributed by atoms with E-state index in [0.29, 0.717) is 5.56 Å². The van der Waals surface area contributed by atoms with E-state index in [9.17, 15) is 18.4 Å². The smallest absolute Gasteiger partial charge is 0.336 e. The second-order valence-electron chi connectivity index (χ2n) is 5.00. The van der Waals surface area contributed by atoms with Crippen molar-refractivity contribution in [1.82, 2.24) is 0 Å². The Bertz CT molecular complexity index is 571. The predicted molar refractivity (Wildman–Crippen MR) is 64.4 cm³/mol. The zero-order valence-corrected chi connectivity index (χ0v) is 10.5. The van der Waals surface area contributed by atoms with E-state index in [1.165, 1.54) is 25.1 Å². The summed E-state index contributed by atoms with van der Waals surface area (Å²) in [5.41, 5.74) is -0.919. The molecule has 1 fully saturated rings. The van der Waals surface area contributed by atoms with Crippen LogP contribution < -0.4 is 5.32 Å². The summed E-state index contributed by atoms with van der Waals surface area (Å²) in [6.45, 7) is 2.81. The van der Waals surface area contributed by atoms with Crippen LogP contribution >= 0.6 is 0 Å². The van der Waals surface area contributed by atoms with Gasteiger partial charge in [-0.05, 0) is 31.5 Å². The van der Waals surface area contributed by atoms with Crippen molar-refractivity contribution in [2.45, 2.75) is 26.2 Å². The number of carboxylic acids is 1. The van der Waals surface area contributed by atoms with Crippen LogP contribution in [0.1, 0.15) is 29.3 Å². The molecule has 6 heteroatoms. The summed E-state index contributed by atoms with van der Waals surface area (Å²) in [7, 11) is 0. The Morgan fingerprint density at radius 3 is 2.42 bits per heavy atom. The normalized spacial score (nSPS) is 23.8. The van der Waals surface area contributed by atoms with E-state index in [1.54, 1.807) is 6.92 Å². The molecule has 0 spiro atoms. The number of aryl methyl sites for hydroxylation is 1. The van der Waals surface area contributed by atoms with Gasteiger partial charge < -0.3 is 10.4 Å². The highest BCUT2D eigenvalue weighted by atomic mass is 19.3. The van der Waals surface area contributed by atoms with Crippen molar-refractivity contribution < 1.29 is 23.5 Å². The standard InChI is InChI=1S/C13H13F2NO3/c1-7-3-4-8(5-9(7)10(17)18)16-11(19)12(2)6-13(12,14)15/h3-5H,6H2,1-2H3,(H,16,19)(H,17,18). The van der Waals surface area contributed by atoms with Gasteiger partial charge in [0.1, 0.15) is 5.41 Å². The number of amides is 1. The van der Waals surface area contributed by atoms with Gasteiger partial charge in [-0.1, -0.05) is 6.07 Å². The van der Waals surface area contributed by atoms with Crippen LogP contribution in [0.2, 0.25) is 0 Å². The minimum atomic E-state index is -2.99. The zero-order chi connectivity index (χ0) is 14.4. The lowest BCUT2D eigenvalue weighted by atomic mass is 10.1. The molecule has 0 radical (unpaired) electrons. The maximum atomic E-state index is 13.1. The van der Waals surface area contributed by atoms with Crippen LogP contribution in [-0.4, -0.2) is 22.9 Å². The highest BCUT2D eigenvalue weighted by molar-refractivity contribution is 5.99. The number of aromatic carboxylic acids is 1. The predicted octanol–water partition coefficient (Wildman–Crippen LogP) is 2.68. The third-order valence-electron chi connectivity index (χ3n) is 3.48. The van der Waals surface area contributed by atoms with Crippen molar-refractivity contribution in [3.05, 3.63) is 29.3 Å². The van der Waals surface area contributed by atoms with Crippen LogP contribution in [0.4, 0.5) is 14.5 Å². The van der Waals surface area contributed by atoms with Crippen molar-refractivity contribution >= 4 is 17.6 Å². The fourth-order valence-corrected chi connectivity index (χ4v) is 1.85. The number of anilines is 1. The summed E-state index contributed by atoms with van der Waals surface area (Å²) in [6, 6.07) is 4.27. The highest BCUT2D eigenvalue weighted by Crippen LogP contribution is 2.60. The second kappa shape index (κ2) is 4.01. The van der Waals surface area contributed by atoms with Gasteiger partial charge in [-0.25, -0.2) is 13.6 Å². The van der Waals surface area contributed by atoms with Crippen LogP contribution in [0, 0.1) is 12.3 Å². The van der Waals surface area contributed by atoms with E-state index in [1.807, 2.05) is 0 Å². The fourth-order valence-electron chi connectivity index (χ4n) is 1.85. The van der Waals surface area contributed by atoms with Crippen LogP contribution in [-0.2, 0) is 4.79 Å². The molecule has 0 aromatic heterocycles. The molecule has 1 unspecified atom stereocenters. The molecule has 0 aliphatic heterocycles. The average molecular weight is 269 g/mol. The zero-order valence-electron chi connectivity index (χ0n) is 10.5. The molecule has 2 rings (SSSR count). The molecule has 2 N–H and O–H groups in total. The molecule has 1 amide bonds. The van der Waals surface area contributed by atoms with Gasteiger partial charge in [0.2, 0.25) is 5.91 Å². The number of nitrogens with one attached hydrogen (secondary N) is 1. The Balaban J connectivity index is 2.19. The Labute approximate surface area is 108 Å². The molecule has 0 heterocycles. The molecular formula is C13H13F2NO3. The quantitative estimate of drug-likeness (QED) is 0.886. The Hall–Kier alpha value is -1.98. The van der Waals surface area contributed by atoms with Gasteiger partial charge in [0, 0.05) is 12.1 Å². The molecular weight excluding hydrogens is 256 g/mol. The number of alkyl halides is 2. The van der Waals surface area contributed by atoms with Gasteiger partial charge in [0.15, 0.2) is 0 Å². The molecule has 4 nitrogen and oxygen atoms in total. The largest absolute Gasteiger partial charge is 0.478 e. The third kappa shape index (κ3) is 2.18. The number of halogens is 2. The van der Waals surface area contributed by atoms with Gasteiger partial charge in [-0.3, -0.25) is 4.79 Å². The highest BCUT2D eigenvalue weighted by Gasteiger charge is 2.72. The average Bonchev–Trinajstić information content (AvgIpc) is 2.82. The summed E-state index contributed by atoms with van der Waals surface area (Å²) in [4.78, 5) is 22.7. The monoisotopic (exact) mass is 269 g/mol. The van der Waals surface area contributed by atoms with Gasteiger partial charge in [-0.2, -0.15) is 0 Å². The first-order chi connectivity index (χ1) is 8.67. The number of hydrogen-bond donors (Lipinski definition) is 2. The van der Waals surface area contributed by atoms with E-state index < -0.39 is 29.6 Å². The molecule has 1 atom stereocenters. The first-order valence-corrected chi connectivity index (χ1v) is 5.70. The van der Waals surface area contributed by atoms with Gasteiger partial charge in [0.05, 0.1) is 5.56 Å². The Kier molecular flexibility index (Phi) is 2.84. The van der Waals surface area contributed by atoms with Crippen molar-refractivity contribution in [2.24, 2.45) is 5.41 Å². The number of benzene rings is 1. The molecule has 102 valence electrons. The number of carbonyl (C=O) groups excluding carboxylic acids is 1. The van der Waals surface area contributed by atoms with E-state index >= 15 is 0 Å². The van der Waals surface area contributed by atoms with Crippen LogP contribution in [0.5, 0.6) is 0 Å². The van der Waals surface area contributed by atoms with Crippen molar-refractivity contribution in [2.75, 3.05) is 5.32 Å². The lowest BCUT2D eigenvalue weighted by Crippen LogP contribution is -2.26. The Morgan fingerprint density at radius 1 is 1.37 bits per heavy atom. The fraction of sp³-hybridized carbons (Fsp3) is 0.385. The summed E-state index contributed by atoms with van der Waals surface area (Å²) in [5.74, 6) is -4.91. The van der Waals surface area contributed by atoms with Crippen molar-refractivity contribution in [1.29, 1.82) is 0 Å². The summed E-state index contributed by atoms with van der Waals surface area (Å²) >= 11 is 0. The minimum Gasteiger partial charge on any atom is -0.478 e. The van der Waals surface area contributed by atoms with Gasteiger partial charge in [0.25, 0.3) is 5.92 Å². The van der Waals surface area contributed by atoms with Gasteiger partial charge >= 0.3 is 5.97 Å². The van der Waals surface area contributed by atoms with E-state index in [4.69, 9.17) is 5.11 Å². The second-order valence-corrected chi connectivity index (χ2v) is 5.00. The summed E-state index contributed by atoms with van der Waals surface area (Å²) < 4.78 is 26.1. The minimum absolute atomic E-state index is 0.0329. The van der Waals surface area contributed by atoms with Crippen molar-refractivity contribution in [3.63, 3.8) is 0 Å². The van der Waals surface area contributed by atoms with Crippen LogP contribution in [0.15, 0.2) is 18.2 Å². The first-order valence-electron chi connectivity index (χ1n) is 5.70. The summed E-state index contributed by atoms with van der Waals surface area (Å²) in [6.07, 6.45) is -0.483. The lowest BCUT2D eigenvalue weighted by Gasteiger charge is -2.12. The molecule has 1 aliphatic rings. The van der Waals surface area contributed by atoms with E-state index in [2.05, 4.69) is 5.32 Å². The lowest BCUT2D eigenvalue weighted by molar-refractivity contribution is -0.123. The van der Waals surface area contributed by atoms with Crippen molar-refractivity contribution in [3.8, 4) is 0 Å². The number of carboxylic acid groups (broad SMARTS) is 1. The summed E-state index contributed by atoms with van der Waals surface area (Å²) in [5, 5.41) is 11.3. The van der Waals surface area contributed by atoms with E-state index in [0.717, 1.165) is 0 Å². The molecule has 1 aromatic carbocycles. The van der Waals surface area contributed by atoms with Crippen LogP contribution in [0.3, 0.4) is 0 Å². The first kappa shape index (κ1) is 13.5. The topological polar surface area (TPSA) is 66.4 Å². The third-order valence-corrected chi connectivity index (χ3v) is 3.48.